The Morgan fingerprint density at radius 1 is 1.41 bits per heavy atom. The minimum Gasteiger partial charge on any atom is -0.460 e. The molecule has 0 bridgehead atoms. The monoisotopic (exact) mass is 243 g/mol. The Morgan fingerprint density at radius 3 is 2.71 bits per heavy atom. The summed E-state index contributed by atoms with van der Waals surface area (Å²) >= 11 is 0. The molecule has 1 rings (SSSR count). The molecule has 1 N–H and O–H groups in total. The lowest BCUT2D eigenvalue weighted by Crippen LogP contribution is -2.30. The molecule has 0 saturated carbocycles. The Kier molecular flexibility index (Phi) is 5.03. The Hall–Kier alpha value is -1.49. The molecular weight excluding hydrogens is 228 g/mol. The molecule has 0 amide bonds. The van der Waals surface area contributed by atoms with E-state index in [1.807, 2.05) is 13.8 Å². The SMILES string of the molecule is CC(C)NCC(=O)OCc1ccc(F)cc1F. The molecule has 0 radical (unpaired) electrons. The normalized spacial score (nSPS) is 10.6. The molecule has 0 aliphatic carbocycles. The van der Waals surface area contributed by atoms with E-state index in [1.165, 1.54) is 6.07 Å². The van der Waals surface area contributed by atoms with Gasteiger partial charge in [0.05, 0.1) is 6.54 Å². The van der Waals surface area contributed by atoms with Crippen LogP contribution in [0.5, 0.6) is 0 Å². The van der Waals surface area contributed by atoms with Gasteiger partial charge in [0.25, 0.3) is 0 Å². The van der Waals surface area contributed by atoms with Crippen molar-refractivity contribution in [1.82, 2.24) is 5.32 Å². The van der Waals surface area contributed by atoms with Crippen molar-refractivity contribution in [2.24, 2.45) is 0 Å². The average molecular weight is 243 g/mol. The summed E-state index contributed by atoms with van der Waals surface area (Å²) < 4.78 is 30.6. The first-order valence-corrected chi connectivity index (χ1v) is 5.32. The van der Waals surface area contributed by atoms with Crippen molar-refractivity contribution in [1.29, 1.82) is 0 Å². The number of ether oxygens (including phenoxy) is 1. The van der Waals surface area contributed by atoms with Gasteiger partial charge in [-0.25, -0.2) is 8.78 Å². The van der Waals surface area contributed by atoms with Crippen molar-refractivity contribution < 1.29 is 18.3 Å². The van der Waals surface area contributed by atoms with Crippen LogP contribution < -0.4 is 5.32 Å². The standard InChI is InChI=1S/C12H15F2NO2/c1-8(2)15-6-12(16)17-7-9-3-4-10(13)5-11(9)14/h3-5,8,15H,6-7H2,1-2H3. The number of esters is 1. The fourth-order valence-corrected chi connectivity index (χ4v) is 1.14. The third kappa shape index (κ3) is 4.91. The molecule has 1 aromatic carbocycles. The Bertz CT molecular complexity index is 394. The van der Waals surface area contributed by atoms with E-state index < -0.39 is 17.6 Å². The lowest BCUT2D eigenvalue weighted by molar-refractivity contribution is -0.144. The second-order valence-corrected chi connectivity index (χ2v) is 3.93. The van der Waals surface area contributed by atoms with E-state index in [4.69, 9.17) is 4.74 Å². The average Bonchev–Trinajstić information content (AvgIpc) is 2.25. The zero-order valence-electron chi connectivity index (χ0n) is 9.80. The molecule has 0 atom stereocenters. The van der Waals surface area contributed by atoms with Gasteiger partial charge in [-0.2, -0.15) is 0 Å². The van der Waals surface area contributed by atoms with Crippen LogP contribution in [0.1, 0.15) is 19.4 Å². The molecular formula is C12H15F2NO2. The van der Waals surface area contributed by atoms with E-state index in [0.29, 0.717) is 0 Å². The maximum atomic E-state index is 13.2. The van der Waals surface area contributed by atoms with Gasteiger partial charge in [-0.1, -0.05) is 13.8 Å². The van der Waals surface area contributed by atoms with Crippen molar-refractivity contribution in [2.75, 3.05) is 6.54 Å². The summed E-state index contributed by atoms with van der Waals surface area (Å²) in [5.41, 5.74) is 0.157. The lowest BCUT2D eigenvalue weighted by Gasteiger charge is -2.08. The van der Waals surface area contributed by atoms with Gasteiger partial charge in [0, 0.05) is 17.7 Å². The minimum atomic E-state index is -0.713. The summed E-state index contributed by atoms with van der Waals surface area (Å²) in [6.45, 7) is 3.67. The van der Waals surface area contributed by atoms with Crippen LogP contribution in [0, 0.1) is 11.6 Å². The van der Waals surface area contributed by atoms with Gasteiger partial charge < -0.3 is 10.1 Å². The molecule has 1 aromatic rings. The Labute approximate surface area is 98.8 Å². The van der Waals surface area contributed by atoms with Crippen molar-refractivity contribution >= 4 is 5.97 Å². The van der Waals surface area contributed by atoms with Crippen LogP contribution in [0.15, 0.2) is 18.2 Å². The van der Waals surface area contributed by atoms with Gasteiger partial charge in [-0.3, -0.25) is 4.79 Å². The molecule has 94 valence electrons. The molecule has 5 heteroatoms. The smallest absolute Gasteiger partial charge is 0.320 e. The number of nitrogens with one attached hydrogen (secondary N) is 1. The van der Waals surface area contributed by atoms with E-state index in [1.54, 1.807) is 0 Å². The summed E-state index contributed by atoms with van der Waals surface area (Å²) in [5.74, 6) is -1.84. The predicted molar refractivity (Wildman–Crippen MR) is 59.3 cm³/mol. The van der Waals surface area contributed by atoms with Gasteiger partial charge in [0.1, 0.15) is 18.2 Å². The number of hydrogen-bond donors (Lipinski definition) is 1. The van der Waals surface area contributed by atoms with E-state index in [-0.39, 0.29) is 24.8 Å². The molecule has 0 fully saturated rings. The summed E-state index contributed by atoms with van der Waals surface area (Å²) in [7, 11) is 0. The molecule has 0 unspecified atom stereocenters. The van der Waals surface area contributed by atoms with Gasteiger partial charge in [-0.05, 0) is 12.1 Å². The summed E-state index contributed by atoms with van der Waals surface area (Å²) in [4.78, 5) is 11.2. The Balaban J connectivity index is 2.42. The highest BCUT2D eigenvalue weighted by Gasteiger charge is 2.08. The van der Waals surface area contributed by atoms with Crippen molar-refractivity contribution in [2.45, 2.75) is 26.5 Å². The minimum absolute atomic E-state index is 0.0699. The van der Waals surface area contributed by atoms with Crippen molar-refractivity contribution in [3.8, 4) is 0 Å². The molecule has 0 heterocycles. The van der Waals surface area contributed by atoms with Crippen LogP contribution >= 0.6 is 0 Å². The van der Waals surface area contributed by atoms with Gasteiger partial charge >= 0.3 is 5.97 Å². The molecule has 0 spiro atoms. The predicted octanol–water partition coefficient (Wildman–Crippen LogP) is 2.01. The number of halogens is 2. The number of rotatable bonds is 5. The van der Waals surface area contributed by atoms with E-state index >= 15 is 0 Å². The van der Waals surface area contributed by atoms with Crippen molar-refractivity contribution in [3.63, 3.8) is 0 Å². The number of carbonyl (C=O) groups excluding carboxylic acids is 1. The molecule has 0 aromatic heterocycles. The van der Waals surface area contributed by atoms with Crippen LogP contribution in [0.4, 0.5) is 8.78 Å². The number of benzene rings is 1. The molecule has 3 nitrogen and oxygen atoms in total. The number of hydrogen-bond acceptors (Lipinski definition) is 3. The zero-order chi connectivity index (χ0) is 12.8. The third-order valence-electron chi connectivity index (χ3n) is 2.06. The third-order valence-corrected chi connectivity index (χ3v) is 2.06. The van der Waals surface area contributed by atoms with E-state index in [9.17, 15) is 13.6 Å². The maximum Gasteiger partial charge on any atom is 0.320 e. The van der Waals surface area contributed by atoms with Crippen LogP contribution in [-0.4, -0.2) is 18.6 Å². The second-order valence-electron chi connectivity index (χ2n) is 3.93. The fourth-order valence-electron chi connectivity index (χ4n) is 1.14. The summed E-state index contributed by atoms with van der Waals surface area (Å²) in [6.07, 6.45) is 0. The molecule has 0 aliphatic heterocycles. The van der Waals surface area contributed by atoms with E-state index in [0.717, 1.165) is 12.1 Å². The van der Waals surface area contributed by atoms with Gasteiger partial charge in [0.2, 0.25) is 0 Å². The van der Waals surface area contributed by atoms with Crippen LogP contribution in [-0.2, 0) is 16.1 Å². The highest BCUT2D eigenvalue weighted by molar-refractivity contribution is 5.71. The maximum absolute atomic E-state index is 13.2. The first-order valence-electron chi connectivity index (χ1n) is 5.32. The summed E-state index contributed by atoms with van der Waals surface area (Å²) in [5, 5.41) is 2.88. The van der Waals surface area contributed by atoms with Gasteiger partial charge in [-0.15, -0.1) is 0 Å². The highest BCUT2D eigenvalue weighted by atomic mass is 19.1. The highest BCUT2D eigenvalue weighted by Crippen LogP contribution is 2.10. The Morgan fingerprint density at radius 2 is 2.12 bits per heavy atom. The van der Waals surface area contributed by atoms with Crippen LogP contribution in [0.2, 0.25) is 0 Å². The van der Waals surface area contributed by atoms with Crippen molar-refractivity contribution in [3.05, 3.63) is 35.4 Å². The van der Waals surface area contributed by atoms with Crippen LogP contribution in [0.3, 0.4) is 0 Å². The first kappa shape index (κ1) is 13.6. The number of carbonyl (C=O) groups is 1. The fraction of sp³-hybridized carbons (Fsp3) is 0.417. The van der Waals surface area contributed by atoms with E-state index in [2.05, 4.69) is 5.32 Å². The zero-order valence-corrected chi connectivity index (χ0v) is 9.80. The molecule has 17 heavy (non-hydrogen) atoms. The summed E-state index contributed by atoms with van der Waals surface area (Å²) in [6, 6.07) is 3.31. The molecule has 0 aliphatic rings. The topological polar surface area (TPSA) is 38.3 Å². The van der Waals surface area contributed by atoms with Gasteiger partial charge in [0.15, 0.2) is 0 Å². The molecule has 0 saturated heterocycles. The largest absolute Gasteiger partial charge is 0.460 e. The first-order chi connectivity index (χ1) is 7.99. The van der Waals surface area contributed by atoms with Crippen LogP contribution in [0.25, 0.3) is 0 Å². The lowest BCUT2D eigenvalue weighted by atomic mass is 10.2. The second kappa shape index (κ2) is 6.30. The quantitative estimate of drug-likeness (QED) is 0.804.